The van der Waals surface area contributed by atoms with Crippen molar-refractivity contribution in [3.8, 4) is 0 Å². The second kappa shape index (κ2) is 7.32. The van der Waals surface area contributed by atoms with Crippen LogP contribution in [0.1, 0.15) is 15.9 Å². The van der Waals surface area contributed by atoms with E-state index in [4.69, 9.17) is 11.6 Å². The minimum Gasteiger partial charge on any atom is -0.480 e. The Kier molecular flexibility index (Phi) is 4.95. The molecule has 0 unspecified atom stereocenters. The molecule has 0 aliphatic carbocycles. The highest BCUT2D eigenvalue weighted by Crippen LogP contribution is 2.17. The van der Waals surface area contributed by atoms with Crippen LogP contribution in [-0.4, -0.2) is 28.0 Å². The lowest BCUT2D eigenvalue weighted by Crippen LogP contribution is -2.42. The first kappa shape index (κ1) is 16.9. The number of pyridine rings is 1. The van der Waals surface area contributed by atoms with Crippen molar-refractivity contribution < 1.29 is 14.7 Å². The first-order valence-corrected chi connectivity index (χ1v) is 8.04. The molecule has 0 radical (unpaired) electrons. The third kappa shape index (κ3) is 3.95. The van der Waals surface area contributed by atoms with E-state index in [2.05, 4.69) is 10.3 Å². The summed E-state index contributed by atoms with van der Waals surface area (Å²) in [5.74, 6) is -1.54. The Bertz CT molecular complexity index is 920. The van der Waals surface area contributed by atoms with Gasteiger partial charge in [0.05, 0.1) is 11.1 Å². The molecule has 1 atom stereocenters. The van der Waals surface area contributed by atoms with Crippen LogP contribution in [0, 0.1) is 0 Å². The summed E-state index contributed by atoms with van der Waals surface area (Å²) in [6, 6.07) is 14.6. The topological polar surface area (TPSA) is 79.3 Å². The molecule has 0 spiro atoms. The van der Waals surface area contributed by atoms with Gasteiger partial charge in [0.1, 0.15) is 6.04 Å². The summed E-state index contributed by atoms with van der Waals surface area (Å²) in [6.07, 6.45) is 1.70. The Labute approximate surface area is 149 Å². The highest BCUT2D eigenvalue weighted by Gasteiger charge is 2.22. The van der Waals surface area contributed by atoms with Crippen LogP contribution in [0.25, 0.3) is 10.9 Å². The standard InChI is InChI=1S/C19H15ClN2O3/c20-13-7-5-12(6-8-13)11-17(19(24)25)22-18(23)15-9-10-21-16-4-2-1-3-14(15)16/h1-10,17H,11H2,(H,22,23)(H,24,25)/t17-/m1/s1. The second-order valence-electron chi connectivity index (χ2n) is 5.57. The van der Waals surface area contributed by atoms with Gasteiger partial charge in [-0.3, -0.25) is 9.78 Å². The number of carbonyl (C=O) groups excluding carboxylic acids is 1. The second-order valence-corrected chi connectivity index (χ2v) is 6.01. The van der Waals surface area contributed by atoms with Crippen LogP contribution in [0.5, 0.6) is 0 Å². The molecule has 0 aliphatic rings. The number of halogens is 1. The molecule has 6 heteroatoms. The summed E-state index contributed by atoms with van der Waals surface area (Å²) in [7, 11) is 0. The SMILES string of the molecule is O=C(N[C@H](Cc1ccc(Cl)cc1)C(=O)O)c1ccnc2ccccc12. The number of carboxylic acid groups (broad SMARTS) is 1. The first-order chi connectivity index (χ1) is 12.0. The first-order valence-electron chi connectivity index (χ1n) is 7.66. The number of aliphatic carboxylic acids is 1. The van der Waals surface area contributed by atoms with E-state index in [0.717, 1.165) is 5.56 Å². The van der Waals surface area contributed by atoms with E-state index in [1.54, 1.807) is 42.5 Å². The fourth-order valence-corrected chi connectivity index (χ4v) is 2.71. The number of fused-ring (bicyclic) bond motifs is 1. The van der Waals surface area contributed by atoms with E-state index in [1.807, 2.05) is 12.1 Å². The van der Waals surface area contributed by atoms with E-state index >= 15 is 0 Å². The van der Waals surface area contributed by atoms with Gasteiger partial charge >= 0.3 is 5.97 Å². The number of aromatic nitrogens is 1. The van der Waals surface area contributed by atoms with Gasteiger partial charge in [0.25, 0.3) is 5.91 Å². The van der Waals surface area contributed by atoms with Gasteiger partial charge in [0.15, 0.2) is 0 Å². The molecule has 5 nitrogen and oxygen atoms in total. The highest BCUT2D eigenvalue weighted by molar-refractivity contribution is 6.30. The molecular weight excluding hydrogens is 340 g/mol. The molecule has 0 saturated carbocycles. The van der Waals surface area contributed by atoms with Crippen molar-refractivity contribution in [1.29, 1.82) is 0 Å². The number of carbonyl (C=O) groups is 2. The third-order valence-electron chi connectivity index (χ3n) is 3.85. The van der Waals surface area contributed by atoms with Crippen LogP contribution in [-0.2, 0) is 11.2 Å². The fraction of sp³-hybridized carbons (Fsp3) is 0.105. The largest absolute Gasteiger partial charge is 0.480 e. The van der Waals surface area contributed by atoms with Crippen LogP contribution in [0.15, 0.2) is 60.8 Å². The minimum absolute atomic E-state index is 0.168. The van der Waals surface area contributed by atoms with Crippen molar-refractivity contribution >= 4 is 34.4 Å². The maximum Gasteiger partial charge on any atom is 0.326 e. The zero-order chi connectivity index (χ0) is 17.8. The van der Waals surface area contributed by atoms with E-state index in [-0.39, 0.29) is 6.42 Å². The molecule has 1 aromatic heterocycles. The normalized spacial score (nSPS) is 11.9. The minimum atomic E-state index is -1.10. The number of carboxylic acids is 1. The molecule has 3 aromatic rings. The average Bonchev–Trinajstić information content (AvgIpc) is 2.62. The number of para-hydroxylation sites is 1. The molecule has 1 amide bonds. The van der Waals surface area contributed by atoms with E-state index < -0.39 is 17.9 Å². The molecule has 126 valence electrons. The molecule has 1 heterocycles. The van der Waals surface area contributed by atoms with Crippen LogP contribution in [0.2, 0.25) is 5.02 Å². The Morgan fingerprint density at radius 3 is 2.52 bits per heavy atom. The third-order valence-corrected chi connectivity index (χ3v) is 4.10. The van der Waals surface area contributed by atoms with Crippen molar-refractivity contribution in [3.63, 3.8) is 0 Å². The zero-order valence-electron chi connectivity index (χ0n) is 13.1. The molecule has 0 fully saturated rings. The van der Waals surface area contributed by atoms with Crippen LogP contribution in [0.3, 0.4) is 0 Å². The monoisotopic (exact) mass is 354 g/mol. The van der Waals surface area contributed by atoms with Gasteiger partial charge in [-0.05, 0) is 29.8 Å². The van der Waals surface area contributed by atoms with Gasteiger partial charge in [-0.2, -0.15) is 0 Å². The Morgan fingerprint density at radius 1 is 1.08 bits per heavy atom. The molecule has 0 saturated heterocycles. The Balaban J connectivity index is 1.83. The molecule has 0 aliphatic heterocycles. The molecule has 2 N–H and O–H groups in total. The van der Waals surface area contributed by atoms with Crippen LogP contribution in [0.4, 0.5) is 0 Å². The van der Waals surface area contributed by atoms with Gasteiger partial charge in [-0.25, -0.2) is 4.79 Å². The lowest BCUT2D eigenvalue weighted by atomic mass is 10.0. The Morgan fingerprint density at radius 2 is 1.80 bits per heavy atom. The van der Waals surface area contributed by atoms with E-state index in [1.165, 1.54) is 6.20 Å². The van der Waals surface area contributed by atoms with Crippen molar-refractivity contribution in [2.45, 2.75) is 12.5 Å². The molecule has 25 heavy (non-hydrogen) atoms. The summed E-state index contributed by atoms with van der Waals surface area (Å²) in [5, 5.41) is 13.3. The van der Waals surface area contributed by atoms with Crippen molar-refractivity contribution in [2.75, 3.05) is 0 Å². The maximum absolute atomic E-state index is 12.6. The van der Waals surface area contributed by atoms with E-state index in [0.29, 0.717) is 21.5 Å². The van der Waals surface area contributed by atoms with Gasteiger partial charge in [0, 0.05) is 23.0 Å². The van der Waals surface area contributed by atoms with Gasteiger partial charge in [-0.15, -0.1) is 0 Å². The van der Waals surface area contributed by atoms with Gasteiger partial charge in [-0.1, -0.05) is 41.9 Å². The molecule has 3 rings (SSSR count). The Hall–Kier alpha value is -2.92. The number of nitrogens with zero attached hydrogens (tertiary/aromatic N) is 1. The molecule has 0 bridgehead atoms. The summed E-state index contributed by atoms with van der Waals surface area (Å²) >= 11 is 5.84. The predicted molar refractivity (Wildman–Crippen MR) is 95.8 cm³/mol. The van der Waals surface area contributed by atoms with Crippen molar-refractivity contribution in [2.24, 2.45) is 0 Å². The summed E-state index contributed by atoms with van der Waals surface area (Å²) in [4.78, 5) is 28.3. The molecule has 2 aromatic carbocycles. The summed E-state index contributed by atoms with van der Waals surface area (Å²) in [6.45, 7) is 0. The predicted octanol–water partition coefficient (Wildman–Crippen LogP) is 3.31. The number of benzene rings is 2. The number of nitrogens with one attached hydrogen (secondary N) is 1. The van der Waals surface area contributed by atoms with Gasteiger partial charge in [0.2, 0.25) is 0 Å². The maximum atomic E-state index is 12.6. The van der Waals surface area contributed by atoms with Crippen LogP contribution < -0.4 is 5.32 Å². The smallest absolute Gasteiger partial charge is 0.326 e. The summed E-state index contributed by atoms with van der Waals surface area (Å²) in [5.41, 5.74) is 1.85. The number of amides is 1. The summed E-state index contributed by atoms with van der Waals surface area (Å²) < 4.78 is 0. The number of hydrogen-bond donors (Lipinski definition) is 2. The zero-order valence-corrected chi connectivity index (χ0v) is 13.9. The van der Waals surface area contributed by atoms with Crippen molar-refractivity contribution in [1.82, 2.24) is 10.3 Å². The number of hydrogen-bond acceptors (Lipinski definition) is 3. The quantitative estimate of drug-likeness (QED) is 0.736. The van der Waals surface area contributed by atoms with Crippen LogP contribution >= 0.6 is 11.6 Å². The van der Waals surface area contributed by atoms with E-state index in [9.17, 15) is 14.7 Å². The molecular formula is C19H15ClN2O3. The lowest BCUT2D eigenvalue weighted by molar-refractivity contribution is -0.139. The fourth-order valence-electron chi connectivity index (χ4n) is 2.59. The number of rotatable bonds is 5. The van der Waals surface area contributed by atoms with Crippen molar-refractivity contribution in [3.05, 3.63) is 76.9 Å². The highest BCUT2D eigenvalue weighted by atomic mass is 35.5. The lowest BCUT2D eigenvalue weighted by Gasteiger charge is -2.15. The average molecular weight is 355 g/mol. The van der Waals surface area contributed by atoms with Gasteiger partial charge < -0.3 is 10.4 Å².